The molecule has 76 valence electrons. The van der Waals surface area contributed by atoms with Gasteiger partial charge in [-0.25, -0.2) is 0 Å². The van der Waals surface area contributed by atoms with Gasteiger partial charge in [0.25, 0.3) is 0 Å². The molecule has 0 amide bonds. The Hall–Kier alpha value is -1.90. The van der Waals surface area contributed by atoms with Crippen molar-refractivity contribution < 1.29 is 4.79 Å². The van der Waals surface area contributed by atoms with Crippen molar-refractivity contribution in [3.05, 3.63) is 54.5 Å². The fraction of sp³-hybridized carbons (Fsp3) is 0.167. The zero-order valence-electron chi connectivity index (χ0n) is 8.34. The van der Waals surface area contributed by atoms with E-state index in [0.717, 1.165) is 6.54 Å². The van der Waals surface area contributed by atoms with Crippen molar-refractivity contribution in [1.82, 2.24) is 9.88 Å². The first-order valence-corrected chi connectivity index (χ1v) is 4.88. The molecule has 0 N–H and O–H groups in total. The van der Waals surface area contributed by atoms with E-state index < -0.39 is 0 Å². The minimum atomic E-state index is 0.0514. The summed E-state index contributed by atoms with van der Waals surface area (Å²) >= 11 is 0. The average molecular weight is 200 g/mol. The van der Waals surface area contributed by atoms with Crippen molar-refractivity contribution in [2.75, 3.05) is 13.1 Å². The largest absolute Gasteiger partial charge is 0.366 e. The fourth-order valence-electron chi connectivity index (χ4n) is 1.42. The van der Waals surface area contributed by atoms with Crippen LogP contribution in [0.15, 0.2) is 48.8 Å². The maximum absolute atomic E-state index is 11.8. The lowest BCUT2D eigenvalue weighted by Crippen LogP contribution is -2.26. The van der Waals surface area contributed by atoms with E-state index in [9.17, 15) is 4.79 Å². The maximum atomic E-state index is 11.8. The molecule has 2 heterocycles. The zero-order chi connectivity index (χ0) is 10.5. The van der Waals surface area contributed by atoms with Gasteiger partial charge in [0.1, 0.15) is 5.69 Å². The zero-order valence-corrected chi connectivity index (χ0v) is 8.34. The molecule has 1 aliphatic rings. The van der Waals surface area contributed by atoms with E-state index in [4.69, 9.17) is 0 Å². The number of carbonyl (C=O) groups is 1. The molecular weight excluding hydrogens is 188 g/mol. The molecule has 3 nitrogen and oxygen atoms in total. The first-order chi connectivity index (χ1) is 7.36. The Balaban J connectivity index is 1.98. The number of nitrogens with zero attached hydrogens (tertiary/aromatic N) is 2. The molecule has 1 aromatic rings. The number of ketones is 1. The van der Waals surface area contributed by atoms with Gasteiger partial charge in [-0.05, 0) is 24.4 Å². The third kappa shape index (κ3) is 2.53. The van der Waals surface area contributed by atoms with Crippen LogP contribution in [0, 0.1) is 0 Å². The van der Waals surface area contributed by atoms with Crippen LogP contribution in [0.3, 0.4) is 0 Å². The molecule has 0 aromatic carbocycles. The van der Waals surface area contributed by atoms with Crippen LogP contribution in [0.2, 0.25) is 0 Å². The standard InChI is InChI=1S/C12H12N2O/c15-12(11-6-2-3-7-13-11)10-14-8-4-1-5-9-14/h1-8H,9-10H2. The molecule has 0 saturated heterocycles. The van der Waals surface area contributed by atoms with Gasteiger partial charge in [0.2, 0.25) is 0 Å². The second kappa shape index (κ2) is 4.55. The Labute approximate surface area is 88.7 Å². The lowest BCUT2D eigenvalue weighted by molar-refractivity contribution is 0.0954. The first-order valence-electron chi connectivity index (χ1n) is 4.88. The van der Waals surface area contributed by atoms with Crippen LogP contribution < -0.4 is 0 Å². The van der Waals surface area contributed by atoms with Crippen LogP contribution in [0.4, 0.5) is 0 Å². The van der Waals surface area contributed by atoms with Crippen molar-refractivity contribution in [3.8, 4) is 0 Å². The Morgan fingerprint density at radius 1 is 1.40 bits per heavy atom. The van der Waals surface area contributed by atoms with E-state index in [0.29, 0.717) is 12.2 Å². The Morgan fingerprint density at radius 2 is 2.33 bits per heavy atom. The summed E-state index contributed by atoms with van der Waals surface area (Å²) in [5.74, 6) is 0.0514. The number of pyridine rings is 1. The van der Waals surface area contributed by atoms with Gasteiger partial charge in [-0.15, -0.1) is 0 Å². The third-order valence-corrected chi connectivity index (χ3v) is 2.18. The minimum Gasteiger partial charge on any atom is -0.366 e. The average Bonchev–Trinajstić information content (AvgIpc) is 2.31. The van der Waals surface area contributed by atoms with Crippen LogP contribution >= 0.6 is 0 Å². The number of hydrogen-bond acceptors (Lipinski definition) is 3. The number of aromatic nitrogens is 1. The highest BCUT2D eigenvalue weighted by Gasteiger charge is 2.10. The van der Waals surface area contributed by atoms with Gasteiger partial charge in [-0.2, -0.15) is 0 Å². The first kappa shape index (κ1) is 9.65. The van der Waals surface area contributed by atoms with Crippen molar-refractivity contribution in [3.63, 3.8) is 0 Å². The number of rotatable bonds is 3. The highest BCUT2D eigenvalue weighted by molar-refractivity contribution is 5.95. The van der Waals surface area contributed by atoms with Crippen molar-refractivity contribution in [2.24, 2.45) is 0 Å². The number of hydrogen-bond donors (Lipinski definition) is 0. The van der Waals surface area contributed by atoms with E-state index in [1.807, 2.05) is 35.4 Å². The van der Waals surface area contributed by atoms with E-state index in [2.05, 4.69) is 4.98 Å². The van der Waals surface area contributed by atoms with E-state index in [1.54, 1.807) is 18.3 Å². The smallest absolute Gasteiger partial charge is 0.200 e. The minimum absolute atomic E-state index is 0.0514. The summed E-state index contributed by atoms with van der Waals surface area (Å²) in [5, 5.41) is 0. The molecule has 15 heavy (non-hydrogen) atoms. The molecule has 3 heteroatoms. The third-order valence-electron chi connectivity index (χ3n) is 2.18. The van der Waals surface area contributed by atoms with Crippen LogP contribution in [0.1, 0.15) is 10.5 Å². The molecule has 0 atom stereocenters. The van der Waals surface area contributed by atoms with Gasteiger partial charge < -0.3 is 4.90 Å². The van der Waals surface area contributed by atoms with Gasteiger partial charge in [0, 0.05) is 12.7 Å². The van der Waals surface area contributed by atoms with E-state index in [1.165, 1.54) is 0 Å². The van der Waals surface area contributed by atoms with Gasteiger partial charge >= 0.3 is 0 Å². The predicted molar refractivity (Wildman–Crippen MR) is 58.4 cm³/mol. The number of Topliss-reactive ketones (excluding diaryl/α,β-unsaturated/α-hetero) is 1. The maximum Gasteiger partial charge on any atom is 0.200 e. The quantitative estimate of drug-likeness (QED) is 0.695. The molecule has 0 unspecified atom stereocenters. The lowest BCUT2D eigenvalue weighted by Gasteiger charge is -2.18. The Bertz CT molecular complexity index is 395. The van der Waals surface area contributed by atoms with Gasteiger partial charge in [0.05, 0.1) is 6.54 Å². The lowest BCUT2D eigenvalue weighted by atomic mass is 10.2. The monoisotopic (exact) mass is 200 g/mol. The molecule has 0 fully saturated rings. The van der Waals surface area contributed by atoms with E-state index >= 15 is 0 Å². The summed E-state index contributed by atoms with van der Waals surface area (Å²) < 4.78 is 0. The molecule has 2 rings (SSSR count). The van der Waals surface area contributed by atoms with E-state index in [-0.39, 0.29) is 5.78 Å². The van der Waals surface area contributed by atoms with Crippen LogP contribution in [-0.4, -0.2) is 28.8 Å². The SMILES string of the molecule is O=C(CN1C=CC=CC1)c1ccccn1. The summed E-state index contributed by atoms with van der Waals surface area (Å²) in [6.45, 7) is 1.17. The van der Waals surface area contributed by atoms with Crippen LogP contribution in [0.25, 0.3) is 0 Å². The summed E-state index contributed by atoms with van der Waals surface area (Å²) in [6, 6.07) is 5.37. The summed E-state index contributed by atoms with van der Waals surface area (Å²) in [6.07, 6.45) is 9.47. The molecule has 0 spiro atoms. The Kier molecular flexibility index (Phi) is 2.93. The van der Waals surface area contributed by atoms with Gasteiger partial charge in [-0.1, -0.05) is 18.2 Å². The topological polar surface area (TPSA) is 33.2 Å². The highest BCUT2D eigenvalue weighted by atomic mass is 16.1. The van der Waals surface area contributed by atoms with Crippen molar-refractivity contribution >= 4 is 5.78 Å². The second-order valence-electron chi connectivity index (χ2n) is 3.34. The molecule has 0 aliphatic carbocycles. The fourth-order valence-corrected chi connectivity index (χ4v) is 1.42. The number of allylic oxidation sites excluding steroid dienone is 2. The second-order valence-corrected chi connectivity index (χ2v) is 3.34. The van der Waals surface area contributed by atoms with Gasteiger partial charge in [0.15, 0.2) is 5.78 Å². The Morgan fingerprint density at radius 3 is 3.00 bits per heavy atom. The molecule has 0 saturated carbocycles. The van der Waals surface area contributed by atoms with Crippen LogP contribution in [-0.2, 0) is 0 Å². The molecule has 1 aliphatic heterocycles. The summed E-state index contributed by atoms with van der Waals surface area (Å²) in [4.78, 5) is 17.7. The van der Waals surface area contributed by atoms with Crippen molar-refractivity contribution in [1.29, 1.82) is 0 Å². The molecule has 0 radical (unpaired) electrons. The van der Waals surface area contributed by atoms with Crippen LogP contribution in [0.5, 0.6) is 0 Å². The molecular formula is C12H12N2O. The number of carbonyl (C=O) groups excluding carboxylic acids is 1. The predicted octanol–water partition coefficient (Wildman–Crippen LogP) is 1.65. The normalized spacial score (nSPS) is 14.3. The van der Waals surface area contributed by atoms with Crippen molar-refractivity contribution in [2.45, 2.75) is 0 Å². The molecule has 1 aromatic heterocycles. The van der Waals surface area contributed by atoms with Gasteiger partial charge in [-0.3, -0.25) is 9.78 Å². The molecule has 0 bridgehead atoms. The summed E-state index contributed by atoms with van der Waals surface area (Å²) in [7, 11) is 0. The highest BCUT2D eigenvalue weighted by Crippen LogP contribution is 2.02. The summed E-state index contributed by atoms with van der Waals surface area (Å²) in [5.41, 5.74) is 0.528.